The molecule has 2 N–H and O–H groups in total. The normalized spacial score (nSPS) is 12.2. The number of nitrogens with zero attached hydrogens (tertiary/aromatic N) is 3. The summed E-state index contributed by atoms with van der Waals surface area (Å²) >= 11 is 1.63. The van der Waals surface area contributed by atoms with Gasteiger partial charge < -0.3 is 10.6 Å². The van der Waals surface area contributed by atoms with Crippen molar-refractivity contribution in [3.8, 4) is 0 Å². The van der Waals surface area contributed by atoms with Crippen LogP contribution in [0.15, 0.2) is 17.6 Å². The molecule has 2 heterocycles. The van der Waals surface area contributed by atoms with Crippen molar-refractivity contribution in [1.82, 2.24) is 15.0 Å². The topological polar surface area (TPSA) is 62.7 Å². The Labute approximate surface area is 104 Å². The van der Waals surface area contributed by atoms with E-state index in [0.29, 0.717) is 0 Å². The lowest BCUT2D eigenvalue weighted by Crippen LogP contribution is -2.09. The molecule has 0 aliphatic rings. The molecule has 0 saturated carbocycles. The lowest BCUT2D eigenvalue weighted by atomic mass is 10.3. The summed E-state index contributed by atoms with van der Waals surface area (Å²) in [6.45, 7) is 3.94. The van der Waals surface area contributed by atoms with Gasteiger partial charge in [0.25, 0.3) is 0 Å². The van der Waals surface area contributed by atoms with Crippen LogP contribution in [-0.4, -0.2) is 22.0 Å². The highest BCUT2D eigenvalue weighted by molar-refractivity contribution is 7.09. The molecule has 0 saturated heterocycles. The van der Waals surface area contributed by atoms with Crippen molar-refractivity contribution < 1.29 is 0 Å². The minimum absolute atomic E-state index is 0.147. The third-order valence-electron chi connectivity index (χ3n) is 2.28. The monoisotopic (exact) mass is 249 g/mol. The van der Waals surface area contributed by atoms with Crippen LogP contribution in [0.2, 0.25) is 0 Å². The number of nitrogens with one attached hydrogen (secondary N) is 2. The Hall–Kier alpha value is -1.69. The third kappa shape index (κ3) is 2.91. The molecule has 0 bridgehead atoms. The van der Waals surface area contributed by atoms with Crippen LogP contribution in [0.3, 0.4) is 0 Å². The van der Waals surface area contributed by atoms with E-state index in [4.69, 9.17) is 0 Å². The first-order chi connectivity index (χ1) is 8.19. The van der Waals surface area contributed by atoms with E-state index in [1.165, 1.54) is 0 Å². The van der Waals surface area contributed by atoms with E-state index < -0.39 is 0 Å². The Morgan fingerprint density at radius 2 is 2.06 bits per heavy atom. The molecule has 2 aromatic heterocycles. The zero-order valence-electron chi connectivity index (χ0n) is 10.1. The molecular formula is C11H15N5S. The van der Waals surface area contributed by atoms with Gasteiger partial charge >= 0.3 is 0 Å². The van der Waals surface area contributed by atoms with Gasteiger partial charge in [0.15, 0.2) is 0 Å². The number of thiazole rings is 1. The zero-order valence-corrected chi connectivity index (χ0v) is 10.9. The summed E-state index contributed by atoms with van der Waals surface area (Å²) in [5, 5.41) is 9.35. The van der Waals surface area contributed by atoms with Crippen LogP contribution in [0.25, 0.3) is 0 Å². The Morgan fingerprint density at radius 3 is 2.71 bits per heavy atom. The van der Waals surface area contributed by atoms with E-state index in [9.17, 15) is 0 Å². The average molecular weight is 249 g/mol. The van der Waals surface area contributed by atoms with Crippen molar-refractivity contribution >= 4 is 23.0 Å². The van der Waals surface area contributed by atoms with Crippen LogP contribution in [0.5, 0.6) is 0 Å². The Bertz CT molecular complexity index is 483. The zero-order chi connectivity index (χ0) is 12.3. The van der Waals surface area contributed by atoms with E-state index in [1.807, 2.05) is 31.6 Å². The minimum atomic E-state index is 0.147. The Kier molecular flexibility index (Phi) is 3.53. The summed E-state index contributed by atoms with van der Waals surface area (Å²) in [6, 6.07) is 2.03. The number of aromatic nitrogens is 3. The van der Waals surface area contributed by atoms with Gasteiger partial charge in [-0.25, -0.2) is 15.0 Å². The molecule has 0 radical (unpaired) electrons. The molecule has 0 spiro atoms. The summed E-state index contributed by atoms with van der Waals surface area (Å²) in [7, 11) is 1.84. The molecule has 5 nitrogen and oxygen atoms in total. The van der Waals surface area contributed by atoms with Gasteiger partial charge in [-0.3, -0.25) is 0 Å². The first kappa shape index (κ1) is 11.8. The van der Waals surface area contributed by atoms with Crippen LogP contribution in [-0.2, 0) is 0 Å². The van der Waals surface area contributed by atoms with Crippen LogP contribution in [0.1, 0.15) is 23.8 Å². The second-order valence-electron chi connectivity index (χ2n) is 3.67. The van der Waals surface area contributed by atoms with Crippen molar-refractivity contribution in [3.05, 3.63) is 28.5 Å². The largest absolute Gasteiger partial charge is 0.373 e. The molecule has 1 unspecified atom stereocenters. The van der Waals surface area contributed by atoms with Gasteiger partial charge in [-0.05, 0) is 13.8 Å². The van der Waals surface area contributed by atoms with Gasteiger partial charge in [0.2, 0.25) is 0 Å². The molecule has 0 aliphatic carbocycles. The lowest BCUT2D eigenvalue weighted by molar-refractivity contribution is 0.855. The first-order valence-electron chi connectivity index (χ1n) is 5.38. The number of rotatable bonds is 4. The van der Waals surface area contributed by atoms with Gasteiger partial charge in [0.05, 0.1) is 6.04 Å². The van der Waals surface area contributed by atoms with Gasteiger partial charge in [0.1, 0.15) is 22.5 Å². The highest BCUT2D eigenvalue weighted by Gasteiger charge is 2.09. The highest BCUT2D eigenvalue weighted by atomic mass is 32.1. The van der Waals surface area contributed by atoms with Crippen LogP contribution in [0.4, 0.5) is 11.6 Å². The highest BCUT2D eigenvalue weighted by Crippen LogP contribution is 2.20. The summed E-state index contributed by atoms with van der Waals surface area (Å²) in [6.07, 6.45) is 1.81. The van der Waals surface area contributed by atoms with Gasteiger partial charge in [-0.1, -0.05) is 0 Å². The van der Waals surface area contributed by atoms with Crippen molar-refractivity contribution in [3.63, 3.8) is 0 Å². The maximum Gasteiger partial charge on any atom is 0.132 e. The molecule has 2 aromatic rings. The molecule has 0 aliphatic heterocycles. The number of hydrogen-bond acceptors (Lipinski definition) is 6. The molecule has 1 atom stereocenters. The molecule has 0 amide bonds. The summed E-state index contributed by atoms with van der Waals surface area (Å²) < 4.78 is 0. The molecule has 17 heavy (non-hydrogen) atoms. The molecule has 6 heteroatoms. The predicted molar refractivity (Wildman–Crippen MR) is 70.5 cm³/mol. The second-order valence-corrected chi connectivity index (χ2v) is 4.60. The predicted octanol–water partition coefficient (Wildman–Crippen LogP) is 2.46. The summed E-state index contributed by atoms with van der Waals surface area (Å²) in [5.41, 5.74) is 0. The van der Waals surface area contributed by atoms with Gasteiger partial charge in [-0.2, -0.15) is 0 Å². The maximum atomic E-state index is 4.35. The van der Waals surface area contributed by atoms with Crippen molar-refractivity contribution in [2.75, 3.05) is 17.7 Å². The molecule has 0 aromatic carbocycles. The number of aryl methyl sites for hydroxylation is 1. The van der Waals surface area contributed by atoms with E-state index >= 15 is 0 Å². The van der Waals surface area contributed by atoms with Gasteiger partial charge in [0, 0.05) is 24.7 Å². The second kappa shape index (κ2) is 5.09. The fraction of sp³-hybridized carbons (Fsp3) is 0.364. The average Bonchev–Trinajstić information content (AvgIpc) is 2.81. The third-order valence-corrected chi connectivity index (χ3v) is 3.24. The molecule has 90 valence electrons. The molecule has 2 rings (SSSR count). The van der Waals surface area contributed by atoms with Crippen LogP contribution >= 0.6 is 11.3 Å². The fourth-order valence-corrected chi connectivity index (χ4v) is 2.15. The summed E-state index contributed by atoms with van der Waals surface area (Å²) in [4.78, 5) is 12.9. The van der Waals surface area contributed by atoms with E-state index in [-0.39, 0.29) is 6.04 Å². The Balaban J connectivity index is 2.15. The van der Waals surface area contributed by atoms with Crippen molar-refractivity contribution in [2.24, 2.45) is 0 Å². The van der Waals surface area contributed by atoms with Crippen LogP contribution in [0, 0.1) is 6.92 Å². The standard InChI is InChI=1S/C11H15N5S/c1-7(11-13-4-5-17-11)14-10-6-9(12-3)15-8(2)16-10/h4-7H,1-3H3,(H2,12,14,15,16). The molecular weight excluding hydrogens is 234 g/mol. The quantitative estimate of drug-likeness (QED) is 0.871. The van der Waals surface area contributed by atoms with E-state index in [2.05, 4.69) is 32.5 Å². The van der Waals surface area contributed by atoms with Gasteiger partial charge in [-0.15, -0.1) is 11.3 Å². The Morgan fingerprint density at radius 1 is 1.29 bits per heavy atom. The van der Waals surface area contributed by atoms with Crippen LogP contribution < -0.4 is 10.6 Å². The smallest absolute Gasteiger partial charge is 0.132 e. The first-order valence-corrected chi connectivity index (χ1v) is 6.26. The van der Waals surface area contributed by atoms with Crippen molar-refractivity contribution in [1.29, 1.82) is 0 Å². The maximum absolute atomic E-state index is 4.35. The number of anilines is 2. The minimum Gasteiger partial charge on any atom is -0.373 e. The van der Waals surface area contributed by atoms with E-state index in [1.54, 1.807) is 11.3 Å². The fourth-order valence-electron chi connectivity index (χ4n) is 1.50. The summed E-state index contributed by atoms with van der Waals surface area (Å²) in [5.74, 6) is 2.36. The van der Waals surface area contributed by atoms with Crippen molar-refractivity contribution in [2.45, 2.75) is 19.9 Å². The molecule has 0 fully saturated rings. The van der Waals surface area contributed by atoms with E-state index in [0.717, 1.165) is 22.5 Å². The lowest BCUT2D eigenvalue weighted by Gasteiger charge is -2.13. The SMILES string of the molecule is CNc1cc(NC(C)c2nccs2)nc(C)n1. The number of hydrogen-bond donors (Lipinski definition) is 2.